The quantitative estimate of drug-likeness (QED) is 0.0675. The Bertz CT molecular complexity index is 3030. The van der Waals surface area contributed by atoms with Gasteiger partial charge in [0.05, 0.1) is 78.4 Å². The number of halogens is 5. The van der Waals surface area contributed by atoms with Crippen molar-refractivity contribution >= 4 is 110 Å². The molecule has 360 valence electrons. The molecule has 8 aromatic rings. The van der Waals surface area contributed by atoms with E-state index in [9.17, 15) is 15.0 Å². The zero-order chi connectivity index (χ0) is 47.7. The van der Waals surface area contributed by atoms with Gasteiger partial charge in [0.25, 0.3) is 0 Å². The van der Waals surface area contributed by atoms with Gasteiger partial charge in [-0.2, -0.15) is 10.2 Å². The molecular formula is C52H49Cl5N10O3. The van der Waals surface area contributed by atoms with E-state index in [1.165, 1.54) is 0 Å². The van der Waals surface area contributed by atoms with Crippen LogP contribution in [0.4, 0.5) is 22.7 Å². The smallest absolute Gasteiger partial charge is 0.152 e. The summed E-state index contributed by atoms with van der Waals surface area (Å²) in [5.74, 6) is -1.44. The van der Waals surface area contributed by atoms with E-state index in [-0.39, 0.29) is 80.0 Å². The predicted molar refractivity (Wildman–Crippen MR) is 282 cm³/mol. The van der Waals surface area contributed by atoms with Crippen LogP contribution in [0.25, 0.3) is 44.1 Å². The van der Waals surface area contributed by atoms with Gasteiger partial charge in [0.2, 0.25) is 0 Å². The topological polar surface area (TPSA) is 195 Å². The van der Waals surface area contributed by atoms with Crippen molar-refractivity contribution in [3.05, 3.63) is 129 Å². The average molecular weight is 1040 g/mol. The number of carbonyl (C=O) groups excluding carboxylic acids is 1. The van der Waals surface area contributed by atoms with Crippen molar-refractivity contribution in [3.63, 3.8) is 0 Å². The van der Waals surface area contributed by atoms with Crippen molar-refractivity contribution < 1.29 is 15.0 Å². The second kappa shape index (κ2) is 19.5. The van der Waals surface area contributed by atoms with Gasteiger partial charge in [0.1, 0.15) is 6.29 Å². The number of hydrogen-bond donors (Lipinski definition) is 6. The second-order valence-corrected chi connectivity index (χ2v) is 20.4. The fourth-order valence-corrected chi connectivity index (χ4v) is 11.5. The largest absolute Gasteiger partial charge is 0.505 e. The first-order valence-corrected chi connectivity index (χ1v) is 24.7. The summed E-state index contributed by atoms with van der Waals surface area (Å²) < 4.78 is 4.05. The number of nitrogens with one attached hydrogen (secondary N) is 2. The summed E-state index contributed by atoms with van der Waals surface area (Å²) >= 11 is 25.7. The molecule has 2 unspecified atom stereocenters. The maximum atomic E-state index is 13.4. The minimum absolute atomic E-state index is 0. The third-order valence-electron chi connectivity index (χ3n) is 14.4. The van der Waals surface area contributed by atoms with Crippen LogP contribution in [0, 0.1) is 5.92 Å². The first-order valence-electron chi connectivity index (χ1n) is 23.2. The highest BCUT2D eigenvalue weighted by Gasteiger charge is 2.54. The highest BCUT2D eigenvalue weighted by molar-refractivity contribution is 6.38. The number of pyridine rings is 2. The molecule has 0 saturated heterocycles. The Hall–Kier alpha value is -5.64. The number of rotatable bonds is 11. The summed E-state index contributed by atoms with van der Waals surface area (Å²) in [5.41, 5.74) is 21.8. The zero-order valence-electron chi connectivity index (χ0n) is 37.6. The van der Waals surface area contributed by atoms with E-state index < -0.39 is 5.92 Å². The second-order valence-electron chi connectivity index (χ2n) is 18.8. The van der Waals surface area contributed by atoms with Gasteiger partial charge < -0.3 is 37.1 Å². The summed E-state index contributed by atoms with van der Waals surface area (Å²) in [4.78, 5) is 23.4. The van der Waals surface area contributed by atoms with Crippen LogP contribution >= 0.6 is 58.8 Å². The molecule has 4 heterocycles. The van der Waals surface area contributed by atoms with Crippen LogP contribution in [-0.4, -0.2) is 58.1 Å². The number of aromatic hydroxyl groups is 2. The van der Waals surface area contributed by atoms with Crippen molar-refractivity contribution in [2.45, 2.75) is 87.4 Å². The Labute approximate surface area is 429 Å². The molecule has 3 saturated carbocycles. The summed E-state index contributed by atoms with van der Waals surface area (Å²) in [5, 5.41) is 40.0. The highest BCUT2D eigenvalue weighted by atomic mass is 35.5. The number of anilines is 4. The number of benzene rings is 4. The van der Waals surface area contributed by atoms with Crippen LogP contribution in [0.5, 0.6) is 11.5 Å². The summed E-state index contributed by atoms with van der Waals surface area (Å²) in [6, 6.07) is 19.4. The van der Waals surface area contributed by atoms with Gasteiger partial charge in [-0.1, -0.05) is 58.5 Å². The third-order valence-corrected chi connectivity index (χ3v) is 15.6. The van der Waals surface area contributed by atoms with E-state index in [0.717, 1.165) is 124 Å². The molecule has 70 heavy (non-hydrogen) atoms. The number of aldehydes is 1. The number of nitrogens with two attached hydrogens (primary N) is 2. The van der Waals surface area contributed by atoms with Crippen molar-refractivity contribution in [2.75, 3.05) is 10.6 Å². The number of nitrogens with zero attached hydrogens (tertiary/aromatic N) is 6. The lowest BCUT2D eigenvalue weighted by atomic mass is 9.92. The van der Waals surface area contributed by atoms with E-state index in [4.69, 9.17) is 78.0 Å². The highest BCUT2D eigenvalue weighted by Crippen LogP contribution is 2.63. The van der Waals surface area contributed by atoms with Crippen LogP contribution in [-0.2, 0) is 4.79 Å². The van der Waals surface area contributed by atoms with Crippen LogP contribution in [0.1, 0.15) is 86.4 Å². The molecule has 8 N–H and O–H groups in total. The van der Waals surface area contributed by atoms with Crippen molar-refractivity contribution in [1.82, 2.24) is 29.5 Å². The molecule has 11 rings (SSSR count). The molecule has 4 aromatic heterocycles. The maximum Gasteiger partial charge on any atom is 0.152 e. The molecule has 0 aliphatic heterocycles. The number of phenolic OH excluding ortho intramolecular Hbond substituents is 2. The number of aromatic nitrogens is 6. The number of phenols is 2. The summed E-state index contributed by atoms with van der Waals surface area (Å²) in [6.07, 6.45) is 20.0. The normalized spacial score (nSPS) is 22.2. The number of fused-ring (bicyclic) bond motifs is 2. The fourth-order valence-electron chi connectivity index (χ4n) is 10.6. The van der Waals surface area contributed by atoms with E-state index >= 15 is 0 Å². The van der Waals surface area contributed by atoms with Gasteiger partial charge in [-0.25, -0.2) is 0 Å². The van der Waals surface area contributed by atoms with Crippen LogP contribution in [0.3, 0.4) is 0 Å². The minimum Gasteiger partial charge on any atom is -0.505 e. The van der Waals surface area contributed by atoms with Gasteiger partial charge in [0.15, 0.2) is 11.5 Å². The van der Waals surface area contributed by atoms with E-state index in [0.29, 0.717) is 11.1 Å². The molecule has 0 spiro atoms. The first-order chi connectivity index (χ1) is 33.4. The first kappa shape index (κ1) is 48.0. The maximum absolute atomic E-state index is 13.4. The Morgan fingerprint density at radius 3 is 1.31 bits per heavy atom. The van der Waals surface area contributed by atoms with Crippen molar-refractivity contribution in [2.24, 2.45) is 17.4 Å². The van der Waals surface area contributed by atoms with Crippen LogP contribution in [0.2, 0.25) is 20.1 Å². The van der Waals surface area contributed by atoms with Gasteiger partial charge in [-0.05, 0) is 133 Å². The number of hydrogen-bond acceptors (Lipinski definition) is 11. The monoisotopic (exact) mass is 1040 g/mol. The molecule has 2 atom stereocenters. The lowest BCUT2D eigenvalue weighted by Gasteiger charge is -2.26. The molecule has 0 bridgehead atoms. The van der Waals surface area contributed by atoms with E-state index in [1.807, 2.05) is 82.9 Å². The Balaban J connectivity index is 0.00000567. The predicted octanol–water partition coefficient (Wildman–Crippen LogP) is 13.0. The molecule has 0 radical (unpaired) electrons. The lowest BCUT2D eigenvalue weighted by Crippen LogP contribution is -2.27. The van der Waals surface area contributed by atoms with E-state index in [1.54, 1.807) is 24.3 Å². The van der Waals surface area contributed by atoms with Gasteiger partial charge in [-0.15, -0.1) is 12.4 Å². The molecule has 3 aliphatic rings. The molecule has 18 heteroatoms. The standard InChI is InChI=1S/C52H48Cl4N10O3.ClH/c53-41-15-28(16-42(54)51(41)68)26-1-11-45-36(13-26)49(63-32-19-61-65(23-32)34-7-3-30(57)4-8-34)38(21-59-45)47-40(25-67)48(47)39-22-60-46-12-2-27(29-17-43(55)52(69)44(56)18-29)14-37(46)50(39)64-33-20-62-66(24-33)35-9-5-31(58)6-10-35;/h1-2,11-25,30-31,34-35,40,47-48,68-69H,3-10,57-58H2,(H,59,63)(H,60,64);1H. The third kappa shape index (κ3) is 9.13. The molecule has 3 aliphatic carbocycles. The molecule has 13 nitrogen and oxygen atoms in total. The van der Waals surface area contributed by atoms with Gasteiger partial charge in [-0.3, -0.25) is 19.3 Å². The molecule has 3 fully saturated rings. The Kier molecular flexibility index (Phi) is 13.4. The van der Waals surface area contributed by atoms with Gasteiger partial charge >= 0.3 is 0 Å². The summed E-state index contributed by atoms with van der Waals surface area (Å²) in [7, 11) is 0. The minimum atomic E-state index is -0.441. The van der Waals surface area contributed by atoms with E-state index in [2.05, 4.69) is 10.6 Å². The van der Waals surface area contributed by atoms with Gasteiger partial charge in [0, 0.05) is 65.4 Å². The fraction of sp³-hybridized carbons (Fsp3) is 0.288. The summed E-state index contributed by atoms with van der Waals surface area (Å²) in [6.45, 7) is 0. The lowest BCUT2D eigenvalue weighted by molar-refractivity contribution is -0.109. The van der Waals surface area contributed by atoms with Crippen LogP contribution < -0.4 is 22.1 Å². The van der Waals surface area contributed by atoms with Crippen LogP contribution in [0.15, 0.2) is 97.8 Å². The SMILES string of the molecule is Cl.NC1CCC(n2cc(Nc3c(C4C(C=O)C4c4cnc5ccc(-c6cc(Cl)c(O)c(Cl)c6)cc5c4Nc4cnn(C5CCC(N)CC5)c4)cnc4ccc(-c5cc(Cl)c(O)c(Cl)c5)cc34)cn2)CC1. The molecule has 0 amide bonds. The Morgan fingerprint density at radius 2 is 0.943 bits per heavy atom. The van der Waals surface area contributed by atoms with Crippen molar-refractivity contribution in [3.8, 4) is 33.8 Å². The Morgan fingerprint density at radius 1 is 0.557 bits per heavy atom. The zero-order valence-corrected chi connectivity index (χ0v) is 41.4. The molecule has 4 aromatic carbocycles. The molecular weight excluding hydrogens is 990 g/mol. The number of carbonyl (C=O) groups is 1. The van der Waals surface area contributed by atoms with Crippen molar-refractivity contribution in [1.29, 1.82) is 0 Å². The average Bonchev–Trinajstić information content (AvgIpc) is 3.58.